The van der Waals surface area contributed by atoms with Gasteiger partial charge in [0, 0.05) is 0 Å². The first-order chi connectivity index (χ1) is 8.72. The molecule has 0 atom stereocenters. The van der Waals surface area contributed by atoms with E-state index < -0.39 is 17.2 Å². The quantitative estimate of drug-likeness (QED) is 0.801. The van der Waals surface area contributed by atoms with Gasteiger partial charge in [-0.25, -0.2) is 8.78 Å². The Morgan fingerprint density at radius 3 is 2.16 bits per heavy atom. The Balaban J connectivity index is 2.15. The van der Waals surface area contributed by atoms with E-state index in [1.165, 1.54) is 6.07 Å². The van der Waals surface area contributed by atoms with Crippen LogP contribution in [0.15, 0.2) is 18.2 Å². The predicted octanol–water partition coefficient (Wildman–Crippen LogP) is 4.39. The highest BCUT2D eigenvalue weighted by molar-refractivity contribution is 5.24. The fourth-order valence-corrected chi connectivity index (χ4v) is 3.04. The van der Waals surface area contributed by atoms with E-state index in [0.29, 0.717) is 24.3 Å². The number of halogens is 2. The first-order valence-corrected chi connectivity index (χ1v) is 6.90. The van der Waals surface area contributed by atoms with Crippen molar-refractivity contribution in [1.29, 1.82) is 0 Å². The van der Waals surface area contributed by atoms with Crippen LogP contribution in [0.1, 0.15) is 52.0 Å². The molecule has 2 rings (SSSR count). The van der Waals surface area contributed by atoms with Crippen LogP contribution in [-0.4, -0.2) is 5.11 Å². The zero-order valence-corrected chi connectivity index (χ0v) is 11.8. The maximum Gasteiger partial charge on any atom is 0.159 e. The van der Waals surface area contributed by atoms with E-state index >= 15 is 0 Å². The summed E-state index contributed by atoms with van der Waals surface area (Å²) in [6.45, 7) is 6.62. The summed E-state index contributed by atoms with van der Waals surface area (Å²) < 4.78 is 26.2. The highest BCUT2D eigenvalue weighted by Gasteiger charge is 2.38. The van der Waals surface area contributed by atoms with Gasteiger partial charge >= 0.3 is 0 Å². The lowest BCUT2D eigenvalue weighted by Crippen LogP contribution is -2.35. The summed E-state index contributed by atoms with van der Waals surface area (Å²) in [6.07, 6.45) is 3.05. The molecule has 0 heterocycles. The van der Waals surface area contributed by atoms with Gasteiger partial charge < -0.3 is 5.11 Å². The van der Waals surface area contributed by atoms with Crippen molar-refractivity contribution < 1.29 is 13.9 Å². The van der Waals surface area contributed by atoms with E-state index in [9.17, 15) is 13.9 Å². The average Bonchev–Trinajstić information content (AvgIpc) is 2.32. The van der Waals surface area contributed by atoms with E-state index in [1.807, 2.05) is 0 Å². The van der Waals surface area contributed by atoms with E-state index in [1.54, 1.807) is 0 Å². The minimum atomic E-state index is -1.00. The summed E-state index contributed by atoms with van der Waals surface area (Å²) in [5, 5.41) is 10.7. The SMILES string of the molecule is CC(C)(C)C1CCC(O)(c2ccc(F)c(F)c2)CC1. The minimum absolute atomic E-state index is 0.232. The summed E-state index contributed by atoms with van der Waals surface area (Å²) in [5.41, 5.74) is -0.273. The van der Waals surface area contributed by atoms with Crippen LogP contribution in [0.4, 0.5) is 8.78 Å². The molecule has 1 fully saturated rings. The lowest BCUT2D eigenvalue weighted by molar-refractivity contribution is -0.0300. The maximum absolute atomic E-state index is 13.3. The molecule has 1 nitrogen and oxygen atoms in total. The molecule has 0 saturated heterocycles. The zero-order chi connectivity index (χ0) is 14.3. The Labute approximate surface area is 113 Å². The van der Waals surface area contributed by atoms with E-state index in [0.717, 1.165) is 25.0 Å². The zero-order valence-electron chi connectivity index (χ0n) is 11.8. The molecule has 106 valence electrons. The molecular weight excluding hydrogens is 246 g/mol. The third-order valence-electron chi connectivity index (χ3n) is 4.49. The maximum atomic E-state index is 13.3. The predicted molar refractivity (Wildman–Crippen MR) is 71.7 cm³/mol. The molecule has 1 aliphatic rings. The highest BCUT2D eigenvalue weighted by atomic mass is 19.2. The van der Waals surface area contributed by atoms with Crippen LogP contribution in [-0.2, 0) is 5.60 Å². The van der Waals surface area contributed by atoms with Crippen molar-refractivity contribution in [3.8, 4) is 0 Å². The van der Waals surface area contributed by atoms with Crippen LogP contribution in [0.3, 0.4) is 0 Å². The minimum Gasteiger partial charge on any atom is -0.385 e. The molecule has 1 aliphatic carbocycles. The number of benzene rings is 1. The molecule has 1 N–H and O–H groups in total. The standard InChI is InChI=1S/C16H22F2O/c1-15(2,3)11-6-8-16(19,9-7-11)12-4-5-13(17)14(18)10-12/h4-5,10-11,19H,6-9H2,1-3H3. The molecule has 0 radical (unpaired) electrons. The first kappa shape index (κ1) is 14.4. The van der Waals surface area contributed by atoms with Crippen LogP contribution in [0.2, 0.25) is 0 Å². The van der Waals surface area contributed by atoms with Crippen molar-refractivity contribution >= 4 is 0 Å². The van der Waals surface area contributed by atoms with Gasteiger partial charge in [0.05, 0.1) is 5.60 Å². The van der Waals surface area contributed by atoms with Gasteiger partial charge in [-0.2, -0.15) is 0 Å². The Morgan fingerprint density at radius 2 is 1.68 bits per heavy atom. The summed E-state index contributed by atoms with van der Waals surface area (Å²) in [6, 6.07) is 3.72. The summed E-state index contributed by atoms with van der Waals surface area (Å²) in [5.74, 6) is -1.18. The van der Waals surface area contributed by atoms with Crippen LogP contribution in [0.25, 0.3) is 0 Å². The Kier molecular flexibility index (Phi) is 3.69. The molecule has 1 aromatic carbocycles. The van der Waals surface area contributed by atoms with Crippen molar-refractivity contribution in [3.05, 3.63) is 35.4 Å². The van der Waals surface area contributed by atoms with Gasteiger partial charge in [0.2, 0.25) is 0 Å². The number of hydrogen-bond donors (Lipinski definition) is 1. The fourth-order valence-electron chi connectivity index (χ4n) is 3.04. The second-order valence-electron chi connectivity index (χ2n) is 6.80. The van der Waals surface area contributed by atoms with Crippen LogP contribution in [0.5, 0.6) is 0 Å². The third kappa shape index (κ3) is 2.97. The molecule has 0 bridgehead atoms. The molecule has 0 amide bonds. The number of rotatable bonds is 1. The summed E-state index contributed by atoms with van der Waals surface area (Å²) in [7, 11) is 0. The largest absolute Gasteiger partial charge is 0.385 e. The Hall–Kier alpha value is -0.960. The lowest BCUT2D eigenvalue weighted by Gasteiger charge is -2.41. The van der Waals surface area contributed by atoms with E-state index in [-0.39, 0.29) is 5.41 Å². The Morgan fingerprint density at radius 1 is 1.11 bits per heavy atom. The van der Waals surface area contributed by atoms with Gasteiger partial charge in [-0.3, -0.25) is 0 Å². The van der Waals surface area contributed by atoms with Gasteiger partial charge in [-0.05, 0) is 54.7 Å². The molecule has 1 saturated carbocycles. The highest BCUT2D eigenvalue weighted by Crippen LogP contribution is 2.45. The van der Waals surface area contributed by atoms with Crippen molar-refractivity contribution in [2.75, 3.05) is 0 Å². The molecule has 0 unspecified atom stereocenters. The first-order valence-electron chi connectivity index (χ1n) is 6.90. The second-order valence-corrected chi connectivity index (χ2v) is 6.80. The van der Waals surface area contributed by atoms with Crippen molar-refractivity contribution in [2.45, 2.75) is 52.1 Å². The van der Waals surface area contributed by atoms with Crippen LogP contribution >= 0.6 is 0 Å². The fraction of sp³-hybridized carbons (Fsp3) is 0.625. The molecule has 0 aromatic heterocycles. The van der Waals surface area contributed by atoms with Crippen LogP contribution < -0.4 is 0 Å². The topological polar surface area (TPSA) is 20.2 Å². The molecule has 3 heteroatoms. The van der Waals surface area contributed by atoms with Crippen molar-refractivity contribution in [1.82, 2.24) is 0 Å². The molecule has 19 heavy (non-hydrogen) atoms. The monoisotopic (exact) mass is 268 g/mol. The molecular formula is C16H22F2O. The van der Waals surface area contributed by atoms with Crippen LogP contribution in [0, 0.1) is 23.0 Å². The number of aliphatic hydroxyl groups is 1. The van der Waals surface area contributed by atoms with Gasteiger partial charge in [0.1, 0.15) is 0 Å². The van der Waals surface area contributed by atoms with E-state index in [4.69, 9.17) is 0 Å². The van der Waals surface area contributed by atoms with Gasteiger partial charge in [0.25, 0.3) is 0 Å². The van der Waals surface area contributed by atoms with Crippen molar-refractivity contribution in [2.24, 2.45) is 11.3 Å². The molecule has 0 aliphatic heterocycles. The summed E-state index contributed by atoms with van der Waals surface area (Å²) >= 11 is 0. The van der Waals surface area contributed by atoms with Gasteiger partial charge in [-0.1, -0.05) is 26.8 Å². The van der Waals surface area contributed by atoms with Crippen molar-refractivity contribution in [3.63, 3.8) is 0 Å². The Bertz CT molecular complexity index is 454. The third-order valence-corrected chi connectivity index (χ3v) is 4.49. The van der Waals surface area contributed by atoms with E-state index in [2.05, 4.69) is 20.8 Å². The average molecular weight is 268 g/mol. The smallest absolute Gasteiger partial charge is 0.159 e. The number of hydrogen-bond acceptors (Lipinski definition) is 1. The lowest BCUT2D eigenvalue weighted by atomic mass is 9.67. The van der Waals surface area contributed by atoms with Gasteiger partial charge in [-0.15, -0.1) is 0 Å². The second kappa shape index (κ2) is 4.86. The summed E-state index contributed by atoms with van der Waals surface area (Å²) in [4.78, 5) is 0. The van der Waals surface area contributed by atoms with Gasteiger partial charge in [0.15, 0.2) is 11.6 Å². The molecule has 1 aromatic rings. The molecule has 0 spiro atoms. The normalized spacial score (nSPS) is 28.4.